The number of ether oxygens (including phenoxy) is 1. The molecule has 0 fully saturated rings. The molecule has 0 aliphatic heterocycles. The smallest absolute Gasteiger partial charge is 0.251 e. The van der Waals surface area contributed by atoms with Gasteiger partial charge in [-0.1, -0.05) is 59.3 Å². The van der Waals surface area contributed by atoms with Crippen molar-refractivity contribution >= 4 is 28.5 Å². The lowest BCUT2D eigenvalue weighted by Gasteiger charge is -2.31. The largest absolute Gasteiger partial charge is 0.497 e. The van der Waals surface area contributed by atoms with Crippen LogP contribution in [-0.2, 0) is 22.7 Å². The quantitative estimate of drug-likeness (QED) is 0.276. The molecule has 1 unspecified atom stereocenters. The molecule has 0 radical (unpaired) electrons. The van der Waals surface area contributed by atoms with Gasteiger partial charge in [-0.2, -0.15) is 0 Å². The first-order chi connectivity index (χ1) is 19.4. The second-order valence-corrected chi connectivity index (χ2v) is 9.41. The number of benzene rings is 4. The molecule has 0 aliphatic carbocycles. The van der Waals surface area contributed by atoms with Crippen molar-refractivity contribution in [3.05, 3.63) is 120 Å². The number of halogens is 1. The molecule has 9 heteroatoms. The predicted octanol–water partition coefficient (Wildman–Crippen LogP) is 5.30. The average molecular weight is 538 g/mol. The van der Waals surface area contributed by atoms with Crippen LogP contribution in [0.5, 0.6) is 5.75 Å². The highest BCUT2D eigenvalue weighted by Crippen LogP contribution is 2.27. The number of aromatic nitrogens is 3. The highest BCUT2D eigenvalue weighted by Gasteiger charge is 2.32. The van der Waals surface area contributed by atoms with Crippen LogP contribution in [0.15, 0.2) is 97.1 Å². The molecule has 1 N–H and O–H groups in total. The maximum Gasteiger partial charge on any atom is 0.251 e. The Morgan fingerprint density at radius 1 is 0.950 bits per heavy atom. The van der Waals surface area contributed by atoms with Crippen molar-refractivity contribution in [1.82, 2.24) is 19.9 Å². The molecule has 8 nitrogen and oxygen atoms in total. The molecule has 4 aromatic carbocycles. The predicted molar refractivity (Wildman–Crippen MR) is 150 cm³/mol. The molecule has 0 saturated heterocycles. The number of aryl methyl sites for hydroxylation is 1. The van der Waals surface area contributed by atoms with Crippen molar-refractivity contribution in [3.63, 3.8) is 0 Å². The molecular formula is C31H28FN5O3. The summed E-state index contributed by atoms with van der Waals surface area (Å²) in [7, 11) is 1.56. The van der Waals surface area contributed by atoms with E-state index in [0.29, 0.717) is 28.0 Å². The Labute approximate surface area is 231 Å². The number of anilines is 1. The van der Waals surface area contributed by atoms with E-state index < -0.39 is 17.8 Å². The molecular weight excluding hydrogens is 509 g/mol. The zero-order chi connectivity index (χ0) is 28.1. The summed E-state index contributed by atoms with van der Waals surface area (Å²) in [6, 6.07) is 26.5. The minimum atomic E-state index is -1.06. The summed E-state index contributed by atoms with van der Waals surface area (Å²) in [6.07, 6.45) is 0. The fourth-order valence-electron chi connectivity index (χ4n) is 4.47. The van der Waals surface area contributed by atoms with E-state index in [2.05, 4.69) is 15.6 Å². The lowest BCUT2D eigenvalue weighted by molar-refractivity contribution is -0.140. The van der Waals surface area contributed by atoms with Gasteiger partial charge in [-0.15, -0.1) is 5.10 Å². The molecule has 1 heterocycles. The zero-order valence-corrected chi connectivity index (χ0v) is 22.1. The number of amides is 2. The van der Waals surface area contributed by atoms with Crippen molar-refractivity contribution in [2.75, 3.05) is 12.4 Å². The zero-order valence-electron chi connectivity index (χ0n) is 22.1. The van der Waals surface area contributed by atoms with E-state index in [-0.39, 0.29) is 19.0 Å². The molecule has 0 spiro atoms. The van der Waals surface area contributed by atoms with Crippen molar-refractivity contribution in [3.8, 4) is 5.75 Å². The van der Waals surface area contributed by atoms with Crippen LogP contribution in [0.1, 0.15) is 22.7 Å². The van der Waals surface area contributed by atoms with Crippen LogP contribution >= 0.6 is 0 Å². The number of nitrogens with zero attached hydrogens (tertiary/aromatic N) is 4. The first-order valence-corrected chi connectivity index (χ1v) is 12.7. The number of methoxy groups -OCH3 is 1. The van der Waals surface area contributed by atoms with Gasteiger partial charge in [0.1, 0.15) is 29.7 Å². The molecule has 40 heavy (non-hydrogen) atoms. The van der Waals surface area contributed by atoms with Gasteiger partial charge in [-0.3, -0.25) is 9.59 Å². The van der Waals surface area contributed by atoms with Crippen LogP contribution in [0.2, 0.25) is 0 Å². The highest BCUT2D eigenvalue weighted by atomic mass is 19.1. The van der Waals surface area contributed by atoms with Gasteiger partial charge in [-0.05, 0) is 66.6 Å². The molecule has 0 bridgehead atoms. The van der Waals surface area contributed by atoms with Gasteiger partial charge in [0.25, 0.3) is 5.91 Å². The van der Waals surface area contributed by atoms with E-state index >= 15 is 0 Å². The third-order valence-corrected chi connectivity index (χ3v) is 6.60. The number of nitrogens with one attached hydrogen (secondary N) is 1. The molecule has 1 aromatic heterocycles. The Morgan fingerprint density at radius 3 is 2.35 bits per heavy atom. The molecule has 0 saturated carbocycles. The minimum Gasteiger partial charge on any atom is -0.497 e. The summed E-state index contributed by atoms with van der Waals surface area (Å²) < 4.78 is 20.6. The Morgan fingerprint density at radius 2 is 1.65 bits per heavy atom. The second-order valence-electron chi connectivity index (χ2n) is 9.41. The summed E-state index contributed by atoms with van der Waals surface area (Å²) in [5, 5.41) is 11.2. The third kappa shape index (κ3) is 5.99. The number of hydrogen-bond acceptors (Lipinski definition) is 5. The first kappa shape index (κ1) is 26.6. The van der Waals surface area contributed by atoms with Gasteiger partial charge in [0, 0.05) is 12.2 Å². The molecule has 0 aliphatic rings. The van der Waals surface area contributed by atoms with Gasteiger partial charge < -0.3 is 15.0 Å². The fourth-order valence-corrected chi connectivity index (χ4v) is 4.47. The third-order valence-electron chi connectivity index (χ3n) is 6.60. The summed E-state index contributed by atoms with van der Waals surface area (Å²) in [5.41, 5.74) is 4.27. The van der Waals surface area contributed by atoms with E-state index in [1.807, 2.05) is 55.5 Å². The first-order valence-electron chi connectivity index (χ1n) is 12.7. The topological polar surface area (TPSA) is 89.4 Å². The van der Waals surface area contributed by atoms with Gasteiger partial charge in [-0.25, -0.2) is 9.07 Å². The number of fused-ring (bicyclic) bond motifs is 1. The Bertz CT molecular complexity index is 1620. The maximum atomic E-state index is 14.0. The summed E-state index contributed by atoms with van der Waals surface area (Å²) >= 11 is 0. The minimum absolute atomic E-state index is 0.139. The fraction of sp³-hybridized carbons (Fsp3) is 0.161. The van der Waals surface area contributed by atoms with Crippen LogP contribution in [0, 0.1) is 12.7 Å². The van der Waals surface area contributed by atoms with E-state index in [0.717, 1.165) is 11.1 Å². The van der Waals surface area contributed by atoms with Crippen molar-refractivity contribution < 1.29 is 18.7 Å². The average Bonchev–Trinajstić information content (AvgIpc) is 3.37. The van der Waals surface area contributed by atoms with E-state index in [1.54, 1.807) is 31.4 Å². The Hall–Kier alpha value is -5.05. The number of carbonyl (C=O) groups excluding carboxylic acids is 2. The Balaban J connectivity index is 1.53. The van der Waals surface area contributed by atoms with Crippen LogP contribution in [0.25, 0.3) is 11.0 Å². The molecule has 2 amide bonds. The monoisotopic (exact) mass is 537 g/mol. The molecule has 5 rings (SSSR count). The maximum absolute atomic E-state index is 14.0. The standard InChI is InChI=1S/C31H28FN5O3/c1-21-7-9-22(10-8-21)19-36(29(38)20-37-28-6-4-3-5-27(28)34-35-37)30(23-11-13-24(32)14-12-23)31(39)33-25-15-17-26(40-2)18-16-25/h3-18,30H,19-20H2,1-2H3,(H,33,39). The van der Waals surface area contributed by atoms with Crippen LogP contribution in [0.3, 0.4) is 0 Å². The van der Waals surface area contributed by atoms with Gasteiger partial charge >= 0.3 is 0 Å². The SMILES string of the molecule is COc1ccc(NC(=O)C(c2ccc(F)cc2)N(Cc2ccc(C)cc2)C(=O)Cn2nnc3ccccc32)cc1. The van der Waals surface area contributed by atoms with Crippen molar-refractivity contribution in [1.29, 1.82) is 0 Å². The Kier molecular flexibility index (Phi) is 7.82. The summed E-state index contributed by atoms with van der Waals surface area (Å²) in [5.74, 6) is -0.594. The normalized spacial score (nSPS) is 11.7. The molecule has 5 aromatic rings. The molecule has 202 valence electrons. The second kappa shape index (κ2) is 11.8. The lowest BCUT2D eigenvalue weighted by Crippen LogP contribution is -2.42. The summed E-state index contributed by atoms with van der Waals surface area (Å²) in [6.45, 7) is 1.98. The van der Waals surface area contributed by atoms with Crippen LogP contribution < -0.4 is 10.1 Å². The van der Waals surface area contributed by atoms with E-state index in [4.69, 9.17) is 4.74 Å². The van der Waals surface area contributed by atoms with Gasteiger partial charge in [0.15, 0.2) is 0 Å². The highest BCUT2D eigenvalue weighted by molar-refractivity contribution is 5.98. The van der Waals surface area contributed by atoms with Crippen molar-refractivity contribution in [2.45, 2.75) is 26.1 Å². The number of carbonyl (C=O) groups is 2. The number of hydrogen-bond donors (Lipinski definition) is 1. The van der Waals surface area contributed by atoms with E-state index in [9.17, 15) is 14.0 Å². The summed E-state index contributed by atoms with van der Waals surface area (Å²) in [4.78, 5) is 29.4. The van der Waals surface area contributed by atoms with Gasteiger partial charge in [0.2, 0.25) is 5.91 Å². The van der Waals surface area contributed by atoms with Crippen LogP contribution in [-0.4, -0.2) is 38.8 Å². The number of rotatable bonds is 9. The van der Waals surface area contributed by atoms with Gasteiger partial charge in [0.05, 0.1) is 12.6 Å². The number of para-hydroxylation sites is 1. The van der Waals surface area contributed by atoms with E-state index in [1.165, 1.54) is 33.8 Å². The van der Waals surface area contributed by atoms with Crippen molar-refractivity contribution in [2.24, 2.45) is 0 Å². The molecule has 1 atom stereocenters. The van der Waals surface area contributed by atoms with Crippen LogP contribution in [0.4, 0.5) is 10.1 Å². The lowest BCUT2D eigenvalue weighted by atomic mass is 10.0.